The number of nitrogens with two attached hydrogens (primary N) is 1. The van der Waals surface area contributed by atoms with Crippen LogP contribution in [0, 0.1) is 6.92 Å². The van der Waals surface area contributed by atoms with Gasteiger partial charge in [-0.15, -0.1) is 0 Å². The molecule has 0 saturated carbocycles. The summed E-state index contributed by atoms with van der Waals surface area (Å²) in [5.41, 5.74) is 10.0. The van der Waals surface area contributed by atoms with E-state index < -0.39 is 0 Å². The summed E-state index contributed by atoms with van der Waals surface area (Å²) >= 11 is 0. The largest absolute Gasteiger partial charge is 0.496 e. The predicted molar refractivity (Wildman–Crippen MR) is 84.0 cm³/mol. The lowest BCUT2D eigenvalue weighted by molar-refractivity contribution is 0.255. The molecule has 0 bridgehead atoms. The Bertz CT molecular complexity index is 639. The Labute approximate surface area is 125 Å². The van der Waals surface area contributed by atoms with Gasteiger partial charge in [-0.25, -0.2) is 0 Å². The lowest BCUT2D eigenvalue weighted by Gasteiger charge is -2.30. The van der Waals surface area contributed by atoms with E-state index in [1.54, 1.807) is 7.11 Å². The Morgan fingerprint density at radius 2 is 2.05 bits per heavy atom. The lowest BCUT2D eigenvalue weighted by atomic mass is 9.83. The van der Waals surface area contributed by atoms with Crippen LogP contribution in [0.15, 0.2) is 42.5 Å². The van der Waals surface area contributed by atoms with Gasteiger partial charge in [0.05, 0.1) is 13.7 Å². The number of hydrogen-bond acceptors (Lipinski definition) is 3. The molecule has 2 atom stereocenters. The van der Waals surface area contributed by atoms with Gasteiger partial charge in [-0.05, 0) is 42.2 Å². The number of benzene rings is 2. The molecule has 21 heavy (non-hydrogen) atoms. The Morgan fingerprint density at radius 3 is 2.81 bits per heavy atom. The van der Waals surface area contributed by atoms with Crippen LogP contribution in [0.3, 0.4) is 0 Å². The van der Waals surface area contributed by atoms with Gasteiger partial charge in [-0.1, -0.05) is 30.3 Å². The van der Waals surface area contributed by atoms with Crippen molar-refractivity contribution in [3.63, 3.8) is 0 Å². The first kappa shape index (κ1) is 14.0. The summed E-state index contributed by atoms with van der Waals surface area (Å²) in [7, 11) is 1.69. The molecule has 0 aliphatic carbocycles. The molecule has 2 N–H and O–H groups in total. The molecule has 1 heterocycles. The zero-order valence-corrected chi connectivity index (χ0v) is 12.5. The fraction of sp³-hybridized carbons (Fsp3) is 0.333. The van der Waals surface area contributed by atoms with Crippen LogP contribution in [-0.2, 0) is 0 Å². The molecule has 2 aromatic rings. The fourth-order valence-corrected chi connectivity index (χ4v) is 3.08. The van der Waals surface area contributed by atoms with Gasteiger partial charge >= 0.3 is 0 Å². The van der Waals surface area contributed by atoms with Crippen molar-refractivity contribution in [3.8, 4) is 11.5 Å². The SMILES string of the molecule is COc1ccc(C(N)C2CCOc3ccccc32)cc1C. The average Bonchev–Trinajstić information content (AvgIpc) is 2.53. The molecule has 1 aliphatic heterocycles. The van der Waals surface area contributed by atoms with E-state index >= 15 is 0 Å². The van der Waals surface area contributed by atoms with Crippen molar-refractivity contribution >= 4 is 0 Å². The molecular weight excluding hydrogens is 262 g/mol. The minimum atomic E-state index is -0.0281. The monoisotopic (exact) mass is 283 g/mol. The van der Waals surface area contributed by atoms with Crippen molar-refractivity contribution in [2.75, 3.05) is 13.7 Å². The molecule has 110 valence electrons. The highest BCUT2D eigenvalue weighted by Gasteiger charge is 2.27. The van der Waals surface area contributed by atoms with Crippen LogP contribution < -0.4 is 15.2 Å². The molecule has 3 heteroatoms. The summed E-state index contributed by atoms with van der Waals surface area (Å²) in [6.45, 7) is 2.78. The molecular formula is C18H21NO2. The van der Waals surface area contributed by atoms with Gasteiger partial charge in [0, 0.05) is 12.0 Å². The smallest absolute Gasteiger partial charge is 0.122 e. The van der Waals surface area contributed by atoms with Crippen LogP contribution in [-0.4, -0.2) is 13.7 Å². The van der Waals surface area contributed by atoms with E-state index in [-0.39, 0.29) is 6.04 Å². The standard InChI is InChI=1S/C18H21NO2/c1-12-11-13(7-8-16(12)20-2)18(19)15-9-10-21-17-6-4-3-5-14(15)17/h3-8,11,15,18H,9-10,19H2,1-2H3. The van der Waals surface area contributed by atoms with Gasteiger partial charge in [-0.3, -0.25) is 0 Å². The van der Waals surface area contributed by atoms with Gasteiger partial charge in [0.1, 0.15) is 11.5 Å². The topological polar surface area (TPSA) is 44.5 Å². The fourth-order valence-electron chi connectivity index (χ4n) is 3.08. The van der Waals surface area contributed by atoms with E-state index in [1.807, 2.05) is 31.2 Å². The van der Waals surface area contributed by atoms with Crippen LogP contribution in [0.25, 0.3) is 0 Å². The third-order valence-corrected chi connectivity index (χ3v) is 4.24. The third-order valence-electron chi connectivity index (χ3n) is 4.24. The molecule has 0 amide bonds. The minimum Gasteiger partial charge on any atom is -0.496 e. The molecule has 0 spiro atoms. The molecule has 0 radical (unpaired) electrons. The Kier molecular flexibility index (Phi) is 3.84. The Balaban J connectivity index is 1.92. The number of methoxy groups -OCH3 is 1. The van der Waals surface area contributed by atoms with Crippen molar-refractivity contribution in [1.29, 1.82) is 0 Å². The normalized spacial score (nSPS) is 18.5. The summed E-state index contributed by atoms with van der Waals surface area (Å²) in [4.78, 5) is 0. The quantitative estimate of drug-likeness (QED) is 0.936. The van der Waals surface area contributed by atoms with Crippen LogP contribution in [0.4, 0.5) is 0 Å². The van der Waals surface area contributed by atoms with Gasteiger partial charge in [-0.2, -0.15) is 0 Å². The van der Waals surface area contributed by atoms with Crippen LogP contribution >= 0.6 is 0 Å². The highest BCUT2D eigenvalue weighted by Crippen LogP contribution is 2.40. The molecule has 2 unspecified atom stereocenters. The predicted octanol–water partition coefficient (Wildman–Crippen LogP) is 3.57. The zero-order valence-electron chi connectivity index (χ0n) is 12.5. The second-order valence-corrected chi connectivity index (χ2v) is 5.54. The van der Waals surface area contributed by atoms with Crippen LogP contribution in [0.5, 0.6) is 11.5 Å². The first-order valence-electron chi connectivity index (χ1n) is 7.32. The second kappa shape index (κ2) is 5.78. The maximum absolute atomic E-state index is 6.55. The van der Waals surface area contributed by atoms with Gasteiger partial charge < -0.3 is 15.2 Å². The van der Waals surface area contributed by atoms with Crippen molar-refractivity contribution in [2.45, 2.75) is 25.3 Å². The number of fused-ring (bicyclic) bond motifs is 1. The zero-order chi connectivity index (χ0) is 14.8. The number of ether oxygens (including phenoxy) is 2. The molecule has 1 aliphatic rings. The van der Waals surface area contributed by atoms with Crippen LogP contribution in [0.2, 0.25) is 0 Å². The number of aryl methyl sites for hydroxylation is 1. The Morgan fingerprint density at radius 1 is 1.24 bits per heavy atom. The third kappa shape index (κ3) is 2.61. The maximum atomic E-state index is 6.55. The molecule has 0 fully saturated rings. The average molecular weight is 283 g/mol. The van der Waals surface area contributed by atoms with E-state index in [0.717, 1.165) is 35.7 Å². The molecule has 2 aromatic carbocycles. The highest BCUT2D eigenvalue weighted by atomic mass is 16.5. The second-order valence-electron chi connectivity index (χ2n) is 5.54. The first-order valence-corrected chi connectivity index (χ1v) is 7.32. The van der Waals surface area contributed by atoms with Crippen molar-refractivity contribution < 1.29 is 9.47 Å². The molecule has 0 aromatic heterocycles. The molecule has 0 saturated heterocycles. The van der Waals surface area contributed by atoms with E-state index in [9.17, 15) is 0 Å². The van der Waals surface area contributed by atoms with Crippen molar-refractivity contribution in [3.05, 3.63) is 59.2 Å². The van der Waals surface area contributed by atoms with E-state index in [1.165, 1.54) is 5.56 Å². The summed E-state index contributed by atoms with van der Waals surface area (Å²) in [5, 5.41) is 0. The summed E-state index contributed by atoms with van der Waals surface area (Å²) < 4.78 is 11.0. The van der Waals surface area contributed by atoms with Gasteiger partial charge in [0.15, 0.2) is 0 Å². The summed E-state index contributed by atoms with van der Waals surface area (Å²) in [6.07, 6.45) is 0.948. The number of para-hydroxylation sites is 1. The maximum Gasteiger partial charge on any atom is 0.122 e. The first-order chi connectivity index (χ1) is 10.2. The minimum absolute atomic E-state index is 0.0281. The van der Waals surface area contributed by atoms with E-state index in [0.29, 0.717) is 5.92 Å². The highest BCUT2D eigenvalue weighted by molar-refractivity contribution is 5.42. The molecule has 3 rings (SSSR count). The Hall–Kier alpha value is -2.00. The van der Waals surface area contributed by atoms with Crippen molar-refractivity contribution in [1.82, 2.24) is 0 Å². The summed E-state index contributed by atoms with van der Waals surface area (Å²) in [5.74, 6) is 2.16. The van der Waals surface area contributed by atoms with Gasteiger partial charge in [0.25, 0.3) is 0 Å². The van der Waals surface area contributed by atoms with Crippen LogP contribution in [0.1, 0.15) is 35.1 Å². The number of rotatable bonds is 3. The summed E-state index contributed by atoms with van der Waals surface area (Å²) in [6, 6.07) is 14.4. The lowest BCUT2D eigenvalue weighted by Crippen LogP contribution is -2.25. The number of hydrogen-bond donors (Lipinski definition) is 1. The van der Waals surface area contributed by atoms with E-state index in [2.05, 4.69) is 18.2 Å². The van der Waals surface area contributed by atoms with Crippen molar-refractivity contribution in [2.24, 2.45) is 5.73 Å². The van der Waals surface area contributed by atoms with Gasteiger partial charge in [0.2, 0.25) is 0 Å². The van der Waals surface area contributed by atoms with E-state index in [4.69, 9.17) is 15.2 Å². The molecule has 3 nitrogen and oxygen atoms in total.